The molecule has 0 atom stereocenters. The van der Waals surface area contributed by atoms with Crippen LogP contribution in [0.3, 0.4) is 0 Å². The van der Waals surface area contributed by atoms with Crippen LogP contribution in [0.1, 0.15) is 11.1 Å². The van der Waals surface area contributed by atoms with E-state index in [0.29, 0.717) is 20.1 Å². The lowest BCUT2D eigenvalue weighted by Crippen LogP contribution is -2.26. The molecule has 11 heteroatoms. The molecule has 0 fully saturated rings. The third-order valence-electron chi connectivity index (χ3n) is 2.86. The highest BCUT2D eigenvalue weighted by atomic mass is 79.9. The van der Waals surface area contributed by atoms with Crippen LogP contribution in [0.15, 0.2) is 57.5 Å². The Labute approximate surface area is 182 Å². The topological polar surface area (TPSA) is 116 Å². The first kappa shape index (κ1) is 20.9. The number of hydrazone groups is 1. The van der Waals surface area contributed by atoms with Gasteiger partial charge in [-0.2, -0.15) is 10.2 Å². The maximum absolute atomic E-state index is 9.92. The molecule has 0 heterocycles. The number of aromatic hydroxyl groups is 2. The van der Waals surface area contributed by atoms with Gasteiger partial charge in [0.05, 0.1) is 21.4 Å². The molecule has 0 aliphatic rings. The summed E-state index contributed by atoms with van der Waals surface area (Å²) in [5.74, 6) is 0.00926. The van der Waals surface area contributed by atoms with Gasteiger partial charge in [0.2, 0.25) is 5.96 Å². The number of hydrogen-bond acceptors (Lipinski definition) is 5. The standard InChI is InChI=1S/C15H11Br4N5O2/c16-9-1-7(13(25)11(18)3-9)5-21-23-15(20)24-22-6-8-2-10(17)4-12(19)14(8)26/h1-6,25-26H,(H3,20,23,24). The molecule has 7 nitrogen and oxygen atoms in total. The van der Waals surface area contributed by atoms with E-state index < -0.39 is 0 Å². The van der Waals surface area contributed by atoms with E-state index in [0.717, 1.165) is 8.95 Å². The highest BCUT2D eigenvalue weighted by Crippen LogP contribution is 2.31. The second-order valence-electron chi connectivity index (χ2n) is 4.75. The summed E-state index contributed by atoms with van der Waals surface area (Å²) in [6.45, 7) is 0. The molecule has 5 N–H and O–H groups in total. The molecule has 26 heavy (non-hydrogen) atoms. The minimum Gasteiger partial charge on any atom is -0.506 e. The Morgan fingerprint density at radius 2 is 1.38 bits per heavy atom. The lowest BCUT2D eigenvalue weighted by atomic mass is 10.2. The van der Waals surface area contributed by atoms with Crippen LogP contribution in [0.2, 0.25) is 0 Å². The highest BCUT2D eigenvalue weighted by molar-refractivity contribution is 9.11. The Morgan fingerprint density at radius 3 is 1.92 bits per heavy atom. The first-order valence-electron chi connectivity index (χ1n) is 6.79. The van der Waals surface area contributed by atoms with Gasteiger partial charge in [-0.1, -0.05) is 31.9 Å². The third-order valence-corrected chi connectivity index (χ3v) is 4.98. The number of nitrogens with zero attached hydrogens (tertiary/aromatic N) is 3. The van der Waals surface area contributed by atoms with E-state index in [1.807, 2.05) is 0 Å². The number of phenolic OH excluding ortho intramolecular Hbond substituents is 2. The maximum atomic E-state index is 9.92. The van der Waals surface area contributed by atoms with Crippen molar-refractivity contribution in [1.82, 2.24) is 5.43 Å². The van der Waals surface area contributed by atoms with Gasteiger partial charge >= 0.3 is 0 Å². The first-order chi connectivity index (χ1) is 12.3. The monoisotopic (exact) mass is 609 g/mol. The average Bonchev–Trinajstić information content (AvgIpc) is 2.56. The molecule has 0 aliphatic carbocycles. The van der Waals surface area contributed by atoms with Gasteiger partial charge in [0.25, 0.3) is 0 Å². The first-order valence-corrected chi connectivity index (χ1v) is 9.96. The minimum atomic E-state index is -0.0698. The molecule has 2 aromatic carbocycles. The number of benzene rings is 2. The van der Waals surface area contributed by atoms with Crippen LogP contribution in [0.25, 0.3) is 0 Å². The van der Waals surface area contributed by atoms with Crippen molar-refractivity contribution in [3.63, 3.8) is 0 Å². The summed E-state index contributed by atoms with van der Waals surface area (Å²) < 4.78 is 2.59. The maximum Gasteiger partial charge on any atom is 0.234 e. The second-order valence-corrected chi connectivity index (χ2v) is 8.29. The van der Waals surface area contributed by atoms with E-state index in [-0.39, 0.29) is 17.5 Å². The quantitative estimate of drug-likeness (QED) is 0.232. The molecule has 0 saturated heterocycles. The zero-order valence-electron chi connectivity index (χ0n) is 12.8. The Hall–Kier alpha value is -1.43. The molecule has 0 bridgehead atoms. The molecule has 0 amide bonds. The number of hydrogen-bond donors (Lipinski definition) is 4. The predicted molar refractivity (Wildman–Crippen MR) is 117 cm³/mol. The van der Waals surface area contributed by atoms with Gasteiger partial charge in [-0.25, -0.2) is 5.43 Å². The normalized spacial score (nSPS) is 12.2. The average molecular weight is 613 g/mol. The van der Waals surface area contributed by atoms with Crippen molar-refractivity contribution in [2.75, 3.05) is 0 Å². The number of nitrogens with one attached hydrogen (secondary N) is 1. The fraction of sp³-hybridized carbons (Fsp3) is 0. The van der Waals surface area contributed by atoms with Crippen LogP contribution in [-0.2, 0) is 0 Å². The third kappa shape index (κ3) is 5.79. The second kappa shape index (κ2) is 9.49. The van der Waals surface area contributed by atoms with Crippen molar-refractivity contribution in [2.24, 2.45) is 21.0 Å². The van der Waals surface area contributed by atoms with E-state index in [9.17, 15) is 10.2 Å². The van der Waals surface area contributed by atoms with E-state index in [4.69, 9.17) is 5.73 Å². The van der Waals surface area contributed by atoms with Crippen molar-refractivity contribution >= 4 is 82.1 Å². The summed E-state index contributed by atoms with van der Waals surface area (Å²) in [5, 5.41) is 31.2. The highest BCUT2D eigenvalue weighted by Gasteiger charge is 2.06. The molecule has 0 spiro atoms. The van der Waals surface area contributed by atoms with Gasteiger partial charge in [0, 0.05) is 20.1 Å². The summed E-state index contributed by atoms with van der Waals surface area (Å²) in [6, 6.07) is 6.77. The predicted octanol–water partition coefficient (Wildman–Crippen LogP) is 4.42. The van der Waals surface area contributed by atoms with Crippen LogP contribution in [0.5, 0.6) is 11.5 Å². The smallest absolute Gasteiger partial charge is 0.234 e. The Bertz CT molecular complexity index is 915. The van der Waals surface area contributed by atoms with Gasteiger partial charge in [0.1, 0.15) is 11.5 Å². The number of halogens is 4. The zero-order valence-corrected chi connectivity index (χ0v) is 19.1. The fourth-order valence-corrected chi connectivity index (χ4v) is 4.23. The Morgan fingerprint density at radius 1 is 0.885 bits per heavy atom. The van der Waals surface area contributed by atoms with E-state index in [1.165, 1.54) is 12.4 Å². The van der Waals surface area contributed by atoms with Crippen molar-refractivity contribution in [3.8, 4) is 11.5 Å². The summed E-state index contributed by atoms with van der Waals surface area (Å²) in [7, 11) is 0. The fourth-order valence-electron chi connectivity index (χ4n) is 1.71. The number of rotatable bonds is 4. The molecule has 0 unspecified atom stereocenters. The van der Waals surface area contributed by atoms with E-state index in [2.05, 4.69) is 84.4 Å². The number of guanidine groups is 1. The molecule has 136 valence electrons. The Kier molecular flexibility index (Phi) is 7.62. The molecule has 0 saturated carbocycles. The molecule has 2 aromatic rings. The molecule has 2 rings (SSSR count). The molecule has 0 radical (unpaired) electrons. The van der Waals surface area contributed by atoms with E-state index in [1.54, 1.807) is 24.3 Å². The largest absolute Gasteiger partial charge is 0.506 e. The van der Waals surface area contributed by atoms with Crippen LogP contribution in [0, 0.1) is 0 Å². The van der Waals surface area contributed by atoms with Gasteiger partial charge in [0.15, 0.2) is 0 Å². The number of nitrogens with two attached hydrogens (primary N) is 1. The van der Waals surface area contributed by atoms with Crippen LogP contribution >= 0.6 is 63.7 Å². The lowest BCUT2D eigenvalue weighted by Gasteiger charge is -2.03. The summed E-state index contributed by atoms with van der Waals surface area (Å²) in [4.78, 5) is 0. The van der Waals surface area contributed by atoms with Gasteiger partial charge in [-0.3, -0.25) is 0 Å². The molecule has 0 aliphatic heterocycles. The lowest BCUT2D eigenvalue weighted by molar-refractivity contribution is 0.470. The Balaban J connectivity index is 2.05. The molecular weight excluding hydrogens is 602 g/mol. The number of phenols is 2. The van der Waals surface area contributed by atoms with Crippen molar-refractivity contribution in [1.29, 1.82) is 0 Å². The van der Waals surface area contributed by atoms with E-state index >= 15 is 0 Å². The van der Waals surface area contributed by atoms with Crippen molar-refractivity contribution in [3.05, 3.63) is 53.3 Å². The van der Waals surface area contributed by atoms with Gasteiger partial charge < -0.3 is 15.9 Å². The summed E-state index contributed by atoms with van der Waals surface area (Å²) in [6.07, 6.45) is 2.73. The molecule has 0 aromatic heterocycles. The van der Waals surface area contributed by atoms with Crippen LogP contribution in [0.4, 0.5) is 0 Å². The van der Waals surface area contributed by atoms with Crippen LogP contribution in [-0.4, -0.2) is 28.6 Å². The van der Waals surface area contributed by atoms with Gasteiger partial charge in [-0.05, 0) is 56.1 Å². The van der Waals surface area contributed by atoms with Crippen LogP contribution < -0.4 is 11.2 Å². The molecular formula is C15H11Br4N5O2. The summed E-state index contributed by atoms with van der Waals surface area (Å²) >= 11 is 13.1. The minimum absolute atomic E-state index is 0.0346. The SMILES string of the molecule is NC(=NN=Cc1cc(Br)cc(Br)c1O)NN=Cc1cc(Br)cc(Br)c1O. The summed E-state index contributed by atoms with van der Waals surface area (Å²) in [5.41, 5.74) is 9.05. The van der Waals surface area contributed by atoms with Crippen molar-refractivity contribution in [2.45, 2.75) is 0 Å². The van der Waals surface area contributed by atoms with Crippen molar-refractivity contribution < 1.29 is 10.2 Å². The van der Waals surface area contributed by atoms with Gasteiger partial charge in [-0.15, -0.1) is 5.10 Å². The zero-order chi connectivity index (χ0) is 19.3.